The fourth-order valence-electron chi connectivity index (χ4n) is 2.80. The van der Waals surface area contributed by atoms with Crippen molar-refractivity contribution in [2.45, 2.75) is 12.2 Å². The van der Waals surface area contributed by atoms with Crippen LogP contribution in [0.4, 0.5) is 11.4 Å². The molecule has 0 radical (unpaired) electrons. The van der Waals surface area contributed by atoms with Gasteiger partial charge in [0, 0.05) is 27.1 Å². The summed E-state index contributed by atoms with van der Waals surface area (Å²) in [6.45, 7) is 0.552. The van der Waals surface area contributed by atoms with E-state index in [1.165, 1.54) is 4.90 Å². The molecule has 28 heavy (non-hydrogen) atoms. The highest BCUT2D eigenvalue weighted by Crippen LogP contribution is 2.22. The van der Waals surface area contributed by atoms with Crippen molar-refractivity contribution in [2.75, 3.05) is 23.4 Å². The minimum atomic E-state index is -1.66. The lowest BCUT2D eigenvalue weighted by atomic mass is 10.1. The summed E-state index contributed by atoms with van der Waals surface area (Å²) >= 11 is 2.17. The van der Waals surface area contributed by atoms with E-state index in [1.54, 1.807) is 24.3 Å². The number of anilines is 2. The molecular formula is C19H19IN4O4. The summed E-state index contributed by atoms with van der Waals surface area (Å²) in [5.41, 5.74) is 7.00. The Morgan fingerprint density at radius 1 is 1.25 bits per heavy atom. The van der Waals surface area contributed by atoms with Gasteiger partial charge in [0.2, 0.25) is 0 Å². The number of amides is 2. The summed E-state index contributed by atoms with van der Waals surface area (Å²) in [7, 11) is 0. The van der Waals surface area contributed by atoms with Gasteiger partial charge in [0.15, 0.2) is 12.2 Å². The number of nitrogens with zero attached hydrogens (tertiary/aromatic N) is 1. The lowest BCUT2D eigenvalue weighted by Gasteiger charge is -2.34. The standard InChI is InChI=1S/C19H19IN4O4/c20-12-3-7-14(8-4-12)24-9-10-28-16(19(24)27)15(25)18(26)23-13-5-1-11(2-6-13)17(21)22/h1-8,15-16,25H,9-10H2,(H3,21,22)(H,23,26)/t15-,16?/m1/s1. The third kappa shape index (κ3) is 4.49. The van der Waals surface area contributed by atoms with Crippen LogP contribution in [0.2, 0.25) is 0 Å². The van der Waals surface area contributed by atoms with E-state index in [0.29, 0.717) is 23.5 Å². The van der Waals surface area contributed by atoms with Gasteiger partial charge < -0.3 is 25.8 Å². The molecule has 2 aromatic rings. The summed E-state index contributed by atoms with van der Waals surface area (Å²) in [6.07, 6.45) is -2.95. The lowest BCUT2D eigenvalue weighted by molar-refractivity contribution is -0.150. The number of benzene rings is 2. The average molecular weight is 494 g/mol. The van der Waals surface area contributed by atoms with Crippen molar-refractivity contribution in [3.63, 3.8) is 0 Å². The number of halogens is 1. The minimum absolute atomic E-state index is 0.0881. The first kappa shape index (κ1) is 20.2. The third-order valence-corrected chi connectivity index (χ3v) is 5.00. The Hall–Kier alpha value is -2.50. The van der Waals surface area contributed by atoms with Crippen molar-refractivity contribution in [1.29, 1.82) is 5.41 Å². The van der Waals surface area contributed by atoms with Crippen molar-refractivity contribution in [3.8, 4) is 0 Å². The summed E-state index contributed by atoms with van der Waals surface area (Å²) in [6, 6.07) is 13.6. The molecule has 1 fully saturated rings. The van der Waals surface area contributed by atoms with E-state index in [4.69, 9.17) is 15.9 Å². The molecule has 3 rings (SSSR count). The average Bonchev–Trinajstić information content (AvgIpc) is 2.69. The van der Waals surface area contributed by atoms with Crippen LogP contribution >= 0.6 is 22.6 Å². The van der Waals surface area contributed by atoms with Crippen LogP contribution in [-0.4, -0.2) is 48.1 Å². The van der Waals surface area contributed by atoms with Crippen LogP contribution in [-0.2, 0) is 14.3 Å². The molecule has 1 unspecified atom stereocenters. The zero-order chi connectivity index (χ0) is 20.3. The molecule has 0 spiro atoms. The van der Waals surface area contributed by atoms with Crippen LogP contribution < -0.4 is 16.0 Å². The molecule has 2 atom stereocenters. The number of nitrogens with one attached hydrogen (secondary N) is 2. The Morgan fingerprint density at radius 2 is 1.89 bits per heavy atom. The Balaban J connectivity index is 1.69. The van der Waals surface area contributed by atoms with Gasteiger partial charge in [-0.25, -0.2) is 0 Å². The van der Waals surface area contributed by atoms with E-state index < -0.39 is 24.0 Å². The Morgan fingerprint density at radius 3 is 2.50 bits per heavy atom. The molecule has 1 aliphatic heterocycles. The summed E-state index contributed by atoms with van der Waals surface area (Å²) < 4.78 is 6.42. The van der Waals surface area contributed by atoms with E-state index in [2.05, 4.69) is 27.9 Å². The number of aliphatic hydroxyl groups is 1. The van der Waals surface area contributed by atoms with E-state index in [0.717, 1.165) is 3.57 Å². The topological polar surface area (TPSA) is 129 Å². The first-order chi connectivity index (χ1) is 13.4. The number of carbonyl (C=O) groups excluding carboxylic acids is 2. The highest BCUT2D eigenvalue weighted by atomic mass is 127. The van der Waals surface area contributed by atoms with Gasteiger partial charge in [0.1, 0.15) is 5.84 Å². The Labute approximate surface area is 175 Å². The number of ether oxygens (including phenoxy) is 1. The number of aliphatic hydroxyl groups excluding tert-OH is 1. The van der Waals surface area contributed by atoms with Crippen molar-refractivity contribution < 1.29 is 19.4 Å². The molecule has 0 aromatic heterocycles. The zero-order valence-electron chi connectivity index (χ0n) is 14.8. The van der Waals surface area contributed by atoms with E-state index >= 15 is 0 Å². The number of hydrogen-bond donors (Lipinski definition) is 4. The van der Waals surface area contributed by atoms with Gasteiger partial charge >= 0.3 is 0 Å². The monoisotopic (exact) mass is 494 g/mol. The SMILES string of the molecule is N=C(N)c1ccc(NC(=O)[C@H](O)C2OCCN(c3ccc(I)cc3)C2=O)cc1. The highest BCUT2D eigenvalue weighted by Gasteiger charge is 2.39. The molecular weight excluding hydrogens is 475 g/mol. The molecule has 146 valence electrons. The van der Waals surface area contributed by atoms with Gasteiger partial charge in [0.25, 0.3) is 11.8 Å². The molecule has 5 N–H and O–H groups in total. The van der Waals surface area contributed by atoms with Crippen LogP contribution in [0.3, 0.4) is 0 Å². The van der Waals surface area contributed by atoms with Gasteiger partial charge in [-0.2, -0.15) is 0 Å². The number of carbonyl (C=O) groups is 2. The Kier molecular flexibility index (Phi) is 6.27. The second-order valence-corrected chi connectivity index (χ2v) is 7.43. The quantitative estimate of drug-likeness (QED) is 0.283. The van der Waals surface area contributed by atoms with Gasteiger partial charge in [-0.15, -0.1) is 0 Å². The lowest BCUT2D eigenvalue weighted by Crippen LogP contribution is -2.55. The van der Waals surface area contributed by atoms with Crippen LogP contribution in [0.5, 0.6) is 0 Å². The van der Waals surface area contributed by atoms with Crippen molar-refractivity contribution in [3.05, 3.63) is 57.7 Å². The molecule has 1 heterocycles. The zero-order valence-corrected chi connectivity index (χ0v) is 16.9. The number of nitrogens with two attached hydrogens (primary N) is 1. The summed E-state index contributed by atoms with van der Waals surface area (Å²) in [5.74, 6) is -1.31. The predicted molar refractivity (Wildman–Crippen MR) is 113 cm³/mol. The van der Waals surface area contributed by atoms with Gasteiger partial charge in [-0.3, -0.25) is 15.0 Å². The number of rotatable bonds is 5. The van der Waals surface area contributed by atoms with Crippen LogP contribution in [0.25, 0.3) is 0 Å². The summed E-state index contributed by atoms with van der Waals surface area (Å²) in [5, 5.41) is 20.3. The molecule has 1 saturated heterocycles. The second-order valence-electron chi connectivity index (χ2n) is 6.18. The van der Waals surface area contributed by atoms with Crippen molar-refractivity contribution >= 4 is 51.6 Å². The fourth-order valence-corrected chi connectivity index (χ4v) is 3.16. The molecule has 8 nitrogen and oxygen atoms in total. The largest absolute Gasteiger partial charge is 0.384 e. The van der Waals surface area contributed by atoms with Crippen LogP contribution in [0.1, 0.15) is 5.56 Å². The molecule has 2 amide bonds. The molecule has 0 aliphatic carbocycles. The maximum Gasteiger partial charge on any atom is 0.259 e. The first-order valence-electron chi connectivity index (χ1n) is 8.49. The number of amidine groups is 1. The number of hydrogen-bond acceptors (Lipinski definition) is 5. The molecule has 1 aliphatic rings. The molecule has 0 saturated carbocycles. The van der Waals surface area contributed by atoms with Crippen LogP contribution in [0.15, 0.2) is 48.5 Å². The molecule has 0 bridgehead atoms. The fraction of sp³-hybridized carbons (Fsp3) is 0.211. The first-order valence-corrected chi connectivity index (χ1v) is 9.56. The normalized spacial score (nSPS) is 17.9. The van der Waals surface area contributed by atoms with Crippen LogP contribution in [0, 0.1) is 8.98 Å². The maximum atomic E-state index is 12.8. The van der Waals surface area contributed by atoms with Gasteiger partial charge in [-0.05, 0) is 71.1 Å². The third-order valence-electron chi connectivity index (χ3n) is 4.28. The smallest absolute Gasteiger partial charge is 0.259 e. The Bertz CT molecular complexity index is 886. The van der Waals surface area contributed by atoms with Crippen molar-refractivity contribution in [1.82, 2.24) is 0 Å². The van der Waals surface area contributed by atoms with Crippen molar-refractivity contribution in [2.24, 2.45) is 5.73 Å². The number of morpholine rings is 1. The molecule has 9 heteroatoms. The maximum absolute atomic E-state index is 12.8. The molecule has 2 aromatic carbocycles. The van der Waals surface area contributed by atoms with Gasteiger partial charge in [0.05, 0.1) is 6.61 Å². The predicted octanol–water partition coefficient (Wildman–Crippen LogP) is 1.31. The van der Waals surface area contributed by atoms with E-state index in [1.807, 2.05) is 24.3 Å². The van der Waals surface area contributed by atoms with E-state index in [-0.39, 0.29) is 12.4 Å². The minimum Gasteiger partial charge on any atom is -0.384 e. The summed E-state index contributed by atoms with van der Waals surface area (Å²) in [4.78, 5) is 26.6. The second kappa shape index (κ2) is 8.67. The van der Waals surface area contributed by atoms with Gasteiger partial charge in [-0.1, -0.05) is 0 Å². The highest BCUT2D eigenvalue weighted by molar-refractivity contribution is 14.1. The number of nitrogen functional groups attached to an aromatic ring is 1. The van der Waals surface area contributed by atoms with E-state index in [9.17, 15) is 14.7 Å².